The van der Waals surface area contributed by atoms with E-state index >= 15 is 0 Å². The lowest BCUT2D eigenvalue weighted by Gasteiger charge is -2.41. The lowest BCUT2D eigenvalue weighted by molar-refractivity contribution is 0.0820. The van der Waals surface area contributed by atoms with Gasteiger partial charge in [0.15, 0.2) is 0 Å². The van der Waals surface area contributed by atoms with E-state index in [0.29, 0.717) is 6.04 Å². The number of anilines is 1. The van der Waals surface area contributed by atoms with Crippen molar-refractivity contribution < 1.29 is 0 Å². The van der Waals surface area contributed by atoms with Crippen LogP contribution in [-0.4, -0.2) is 42.5 Å². The maximum absolute atomic E-state index is 5.75. The second-order valence-electron chi connectivity index (χ2n) is 4.70. The third-order valence-corrected chi connectivity index (χ3v) is 3.75. The molecule has 3 heteroatoms. The SMILES string of the molecule is CCN1CCN(CC)C(c2ccc(N)cc2)C1. The summed E-state index contributed by atoms with van der Waals surface area (Å²) in [7, 11) is 0. The van der Waals surface area contributed by atoms with Crippen LogP contribution in [0, 0.1) is 0 Å². The summed E-state index contributed by atoms with van der Waals surface area (Å²) in [4.78, 5) is 5.07. The van der Waals surface area contributed by atoms with E-state index in [-0.39, 0.29) is 0 Å². The van der Waals surface area contributed by atoms with Crippen molar-refractivity contribution >= 4 is 5.69 Å². The minimum Gasteiger partial charge on any atom is -0.399 e. The molecule has 1 heterocycles. The molecule has 3 nitrogen and oxygen atoms in total. The number of piperazine rings is 1. The Morgan fingerprint density at radius 3 is 2.41 bits per heavy atom. The molecule has 2 N–H and O–H groups in total. The first-order chi connectivity index (χ1) is 8.24. The second-order valence-corrected chi connectivity index (χ2v) is 4.70. The topological polar surface area (TPSA) is 32.5 Å². The van der Waals surface area contributed by atoms with Crippen LogP contribution in [0.5, 0.6) is 0 Å². The molecule has 1 aliphatic rings. The van der Waals surface area contributed by atoms with Gasteiger partial charge in [0.05, 0.1) is 0 Å². The molecule has 1 aromatic carbocycles. The lowest BCUT2D eigenvalue weighted by Crippen LogP contribution is -2.48. The van der Waals surface area contributed by atoms with Crippen molar-refractivity contribution in [3.05, 3.63) is 29.8 Å². The van der Waals surface area contributed by atoms with Gasteiger partial charge in [0.1, 0.15) is 0 Å². The van der Waals surface area contributed by atoms with Crippen molar-refractivity contribution in [1.82, 2.24) is 9.80 Å². The van der Waals surface area contributed by atoms with Crippen LogP contribution in [0.2, 0.25) is 0 Å². The Bertz CT molecular complexity index is 347. The van der Waals surface area contributed by atoms with Crippen molar-refractivity contribution in [3.8, 4) is 0 Å². The van der Waals surface area contributed by atoms with Crippen LogP contribution in [0.1, 0.15) is 25.5 Å². The summed E-state index contributed by atoms with van der Waals surface area (Å²) < 4.78 is 0. The fourth-order valence-electron chi connectivity index (χ4n) is 2.58. The molecular weight excluding hydrogens is 210 g/mol. The van der Waals surface area contributed by atoms with Gasteiger partial charge in [0.2, 0.25) is 0 Å². The molecule has 1 saturated heterocycles. The van der Waals surface area contributed by atoms with Crippen LogP contribution in [0.4, 0.5) is 5.69 Å². The minimum absolute atomic E-state index is 0.522. The van der Waals surface area contributed by atoms with Gasteiger partial charge in [-0.25, -0.2) is 0 Å². The van der Waals surface area contributed by atoms with Gasteiger partial charge in [-0.3, -0.25) is 4.90 Å². The molecule has 1 unspecified atom stereocenters. The smallest absolute Gasteiger partial charge is 0.0475 e. The van der Waals surface area contributed by atoms with Gasteiger partial charge in [-0.05, 0) is 30.8 Å². The molecule has 0 spiro atoms. The van der Waals surface area contributed by atoms with Crippen LogP contribution in [0.3, 0.4) is 0 Å². The molecule has 1 aromatic rings. The average Bonchev–Trinajstić information content (AvgIpc) is 2.39. The maximum atomic E-state index is 5.75. The van der Waals surface area contributed by atoms with Gasteiger partial charge < -0.3 is 10.6 Å². The Labute approximate surface area is 104 Å². The monoisotopic (exact) mass is 233 g/mol. The fraction of sp³-hybridized carbons (Fsp3) is 0.571. The van der Waals surface area contributed by atoms with Crippen molar-refractivity contribution in [2.45, 2.75) is 19.9 Å². The van der Waals surface area contributed by atoms with E-state index in [2.05, 4.69) is 35.8 Å². The quantitative estimate of drug-likeness (QED) is 0.810. The summed E-state index contributed by atoms with van der Waals surface area (Å²) in [6.45, 7) is 10.2. The minimum atomic E-state index is 0.522. The van der Waals surface area contributed by atoms with E-state index < -0.39 is 0 Å². The molecule has 0 amide bonds. The summed E-state index contributed by atoms with van der Waals surface area (Å²) in [6.07, 6.45) is 0. The number of hydrogen-bond donors (Lipinski definition) is 1. The molecule has 17 heavy (non-hydrogen) atoms. The van der Waals surface area contributed by atoms with Crippen LogP contribution in [0.15, 0.2) is 24.3 Å². The van der Waals surface area contributed by atoms with Gasteiger partial charge in [-0.2, -0.15) is 0 Å². The highest BCUT2D eigenvalue weighted by Crippen LogP contribution is 2.25. The molecular formula is C14H23N3. The second kappa shape index (κ2) is 5.52. The highest BCUT2D eigenvalue weighted by atomic mass is 15.3. The molecule has 0 bridgehead atoms. The van der Waals surface area contributed by atoms with Crippen LogP contribution < -0.4 is 5.73 Å². The van der Waals surface area contributed by atoms with E-state index in [4.69, 9.17) is 5.73 Å². The van der Waals surface area contributed by atoms with Crippen LogP contribution in [0.25, 0.3) is 0 Å². The Morgan fingerprint density at radius 2 is 1.82 bits per heavy atom. The largest absolute Gasteiger partial charge is 0.399 e. The summed E-state index contributed by atoms with van der Waals surface area (Å²) in [5.41, 5.74) is 7.99. The zero-order valence-corrected chi connectivity index (χ0v) is 10.9. The number of nitrogens with two attached hydrogens (primary N) is 1. The first kappa shape index (κ1) is 12.4. The highest BCUT2D eigenvalue weighted by Gasteiger charge is 2.26. The van der Waals surface area contributed by atoms with E-state index in [1.54, 1.807) is 0 Å². The molecule has 1 atom stereocenters. The number of hydrogen-bond acceptors (Lipinski definition) is 3. The molecule has 0 aliphatic carbocycles. The highest BCUT2D eigenvalue weighted by molar-refractivity contribution is 5.40. The van der Waals surface area contributed by atoms with Crippen molar-refractivity contribution in [3.63, 3.8) is 0 Å². The normalized spacial score (nSPS) is 22.8. The Hall–Kier alpha value is -1.06. The van der Waals surface area contributed by atoms with Gasteiger partial charge in [0.25, 0.3) is 0 Å². The molecule has 1 aliphatic heterocycles. The maximum Gasteiger partial charge on any atom is 0.0475 e. The molecule has 0 radical (unpaired) electrons. The number of nitrogen functional groups attached to an aromatic ring is 1. The van der Waals surface area contributed by atoms with E-state index in [0.717, 1.165) is 25.3 Å². The van der Waals surface area contributed by atoms with E-state index in [9.17, 15) is 0 Å². The van der Waals surface area contributed by atoms with Crippen molar-refractivity contribution in [2.24, 2.45) is 0 Å². The molecule has 0 aromatic heterocycles. The predicted octanol–water partition coefficient (Wildman–Crippen LogP) is 1.97. The van der Waals surface area contributed by atoms with Gasteiger partial charge in [-0.1, -0.05) is 26.0 Å². The summed E-state index contributed by atoms with van der Waals surface area (Å²) in [5.74, 6) is 0. The average molecular weight is 233 g/mol. The summed E-state index contributed by atoms with van der Waals surface area (Å²) >= 11 is 0. The van der Waals surface area contributed by atoms with Crippen molar-refractivity contribution in [2.75, 3.05) is 38.5 Å². The summed E-state index contributed by atoms with van der Waals surface area (Å²) in [6, 6.07) is 8.88. The van der Waals surface area contributed by atoms with Crippen molar-refractivity contribution in [1.29, 1.82) is 0 Å². The Morgan fingerprint density at radius 1 is 1.12 bits per heavy atom. The first-order valence-corrected chi connectivity index (χ1v) is 6.56. The predicted molar refractivity (Wildman–Crippen MR) is 73.0 cm³/mol. The Kier molecular flexibility index (Phi) is 4.02. The van der Waals surface area contributed by atoms with Crippen LogP contribution in [-0.2, 0) is 0 Å². The fourth-order valence-corrected chi connectivity index (χ4v) is 2.58. The Balaban J connectivity index is 2.17. The number of benzene rings is 1. The molecule has 2 rings (SSSR count). The number of nitrogens with zero attached hydrogens (tertiary/aromatic N) is 2. The number of rotatable bonds is 3. The molecule has 1 fully saturated rings. The molecule has 0 saturated carbocycles. The third-order valence-electron chi connectivity index (χ3n) is 3.75. The van der Waals surface area contributed by atoms with E-state index in [1.165, 1.54) is 18.7 Å². The zero-order chi connectivity index (χ0) is 12.3. The zero-order valence-electron chi connectivity index (χ0n) is 10.9. The van der Waals surface area contributed by atoms with Gasteiger partial charge in [-0.15, -0.1) is 0 Å². The van der Waals surface area contributed by atoms with E-state index in [1.807, 2.05) is 12.1 Å². The first-order valence-electron chi connectivity index (χ1n) is 6.56. The standard InChI is InChI=1S/C14H23N3/c1-3-16-9-10-17(4-2)14(11-16)12-5-7-13(15)8-6-12/h5-8,14H,3-4,9-11,15H2,1-2H3. The summed E-state index contributed by atoms with van der Waals surface area (Å²) in [5, 5.41) is 0. The third kappa shape index (κ3) is 2.79. The lowest BCUT2D eigenvalue weighted by atomic mass is 10.0. The van der Waals surface area contributed by atoms with Crippen LogP contribution >= 0.6 is 0 Å². The number of likely N-dealkylation sites (N-methyl/N-ethyl adjacent to an activating group) is 2. The van der Waals surface area contributed by atoms with Gasteiger partial charge >= 0.3 is 0 Å². The van der Waals surface area contributed by atoms with Gasteiger partial charge in [0, 0.05) is 31.4 Å². The molecule has 94 valence electrons.